The van der Waals surface area contributed by atoms with Crippen molar-refractivity contribution in [1.29, 1.82) is 0 Å². The highest BCUT2D eigenvalue weighted by Crippen LogP contribution is 2.39. The minimum absolute atomic E-state index is 0.152. The molecule has 0 aliphatic heterocycles. The Labute approximate surface area is 194 Å². The molecule has 2 aromatic heterocycles. The third-order valence-electron chi connectivity index (χ3n) is 6.02. The molecule has 6 rings (SSSR count). The van der Waals surface area contributed by atoms with Crippen LogP contribution in [0.2, 0.25) is 5.02 Å². The number of aromatic nitrogens is 2. The molecule has 0 bridgehead atoms. The number of benzene rings is 4. The topological polar surface area (TPSA) is 48.9 Å². The van der Waals surface area contributed by atoms with E-state index in [0.717, 1.165) is 26.6 Å². The molecule has 0 aliphatic rings. The Morgan fingerprint density at radius 1 is 0.788 bits per heavy atom. The van der Waals surface area contributed by atoms with E-state index >= 15 is 0 Å². The molecule has 4 aromatic carbocycles. The number of pyridine rings is 1. The second-order valence-corrected chi connectivity index (χ2v) is 8.35. The van der Waals surface area contributed by atoms with Crippen LogP contribution >= 0.6 is 11.6 Å². The van der Waals surface area contributed by atoms with Crippen molar-refractivity contribution in [3.8, 4) is 11.3 Å². The maximum absolute atomic E-state index is 13.8. The summed E-state index contributed by atoms with van der Waals surface area (Å²) in [5, 5.41) is 16.5. The van der Waals surface area contributed by atoms with Crippen molar-refractivity contribution >= 4 is 50.2 Å². The molecule has 0 saturated carbocycles. The lowest BCUT2D eigenvalue weighted by molar-refractivity contribution is -0.563. The van der Waals surface area contributed by atoms with Gasteiger partial charge >= 0.3 is 0 Å². The van der Waals surface area contributed by atoms with Crippen molar-refractivity contribution in [3.63, 3.8) is 0 Å². The van der Waals surface area contributed by atoms with Crippen LogP contribution in [0.15, 0.2) is 103 Å². The second kappa shape index (κ2) is 7.47. The standard InChI is InChI=1S/C28H17ClN2O2/c29-20-15-16-22-24(17-20)31(33)26(18-9-3-1-4-10-18)25-21-13-7-8-14-23(21)30(27(22)25)28(32)19-11-5-2-6-12-19/h1-17H. The zero-order valence-electron chi connectivity index (χ0n) is 17.4. The first-order chi connectivity index (χ1) is 16.1. The van der Waals surface area contributed by atoms with Gasteiger partial charge in [-0.1, -0.05) is 66.2 Å². The smallest absolute Gasteiger partial charge is 0.262 e. The van der Waals surface area contributed by atoms with E-state index in [0.29, 0.717) is 32.7 Å². The number of carbonyl (C=O) groups excluding carboxylic acids is 1. The number of fused-ring (bicyclic) bond motifs is 5. The van der Waals surface area contributed by atoms with Crippen molar-refractivity contribution in [3.05, 3.63) is 119 Å². The van der Waals surface area contributed by atoms with E-state index in [1.165, 1.54) is 0 Å². The molecule has 0 atom stereocenters. The first-order valence-corrected chi connectivity index (χ1v) is 11.0. The van der Waals surface area contributed by atoms with E-state index in [1.807, 2.05) is 78.9 Å². The highest BCUT2D eigenvalue weighted by molar-refractivity contribution is 6.32. The lowest BCUT2D eigenvalue weighted by atomic mass is 10.0. The molecule has 33 heavy (non-hydrogen) atoms. The Bertz CT molecular complexity index is 1690. The van der Waals surface area contributed by atoms with Gasteiger partial charge in [0.05, 0.1) is 21.8 Å². The van der Waals surface area contributed by atoms with E-state index in [-0.39, 0.29) is 5.91 Å². The number of carbonyl (C=O) groups is 1. The summed E-state index contributed by atoms with van der Waals surface area (Å²) in [4.78, 5) is 13.8. The predicted octanol–water partition coefficient (Wildman–Crippen LogP) is 6.59. The first-order valence-electron chi connectivity index (χ1n) is 10.6. The molecule has 4 nitrogen and oxygen atoms in total. The van der Waals surface area contributed by atoms with E-state index in [1.54, 1.807) is 28.8 Å². The highest BCUT2D eigenvalue weighted by Gasteiger charge is 2.28. The van der Waals surface area contributed by atoms with Crippen LogP contribution in [0.4, 0.5) is 0 Å². The van der Waals surface area contributed by atoms with Crippen molar-refractivity contribution in [2.45, 2.75) is 0 Å². The van der Waals surface area contributed by atoms with Gasteiger partial charge in [-0.05, 0) is 42.5 Å². The number of hydrogen-bond donors (Lipinski definition) is 0. The molecule has 0 aliphatic carbocycles. The van der Waals surface area contributed by atoms with Crippen LogP contribution in [-0.2, 0) is 0 Å². The fourth-order valence-corrected chi connectivity index (χ4v) is 4.77. The summed E-state index contributed by atoms with van der Waals surface area (Å²) in [6, 6.07) is 31.6. The maximum atomic E-state index is 13.8. The van der Waals surface area contributed by atoms with Crippen LogP contribution in [0.1, 0.15) is 10.4 Å². The van der Waals surface area contributed by atoms with Crippen LogP contribution in [0.5, 0.6) is 0 Å². The number of hydrogen-bond acceptors (Lipinski definition) is 2. The van der Waals surface area contributed by atoms with Crippen molar-refractivity contribution in [1.82, 2.24) is 4.57 Å². The minimum atomic E-state index is -0.152. The van der Waals surface area contributed by atoms with Gasteiger partial charge in [-0.15, -0.1) is 0 Å². The number of halogens is 1. The lowest BCUT2D eigenvalue weighted by Crippen LogP contribution is -2.31. The predicted molar refractivity (Wildman–Crippen MR) is 133 cm³/mol. The molecule has 6 aromatic rings. The Morgan fingerprint density at radius 2 is 1.45 bits per heavy atom. The lowest BCUT2D eigenvalue weighted by Gasteiger charge is -2.12. The monoisotopic (exact) mass is 448 g/mol. The van der Waals surface area contributed by atoms with Gasteiger partial charge in [-0.3, -0.25) is 9.36 Å². The summed E-state index contributed by atoms with van der Waals surface area (Å²) in [6.45, 7) is 0. The molecular formula is C28H17ClN2O2. The summed E-state index contributed by atoms with van der Waals surface area (Å²) >= 11 is 6.29. The van der Waals surface area contributed by atoms with Crippen molar-refractivity contribution in [2.75, 3.05) is 0 Å². The summed E-state index contributed by atoms with van der Waals surface area (Å²) in [7, 11) is 0. The largest absolute Gasteiger partial charge is 0.618 e. The number of para-hydroxylation sites is 1. The van der Waals surface area contributed by atoms with Gasteiger partial charge in [-0.25, -0.2) is 0 Å². The third kappa shape index (κ3) is 2.92. The van der Waals surface area contributed by atoms with E-state index < -0.39 is 0 Å². The zero-order chi connectivity index (χ0) is 22.5. The Hall–Kier alpha value is -4.15. The molecule has 0 fully saturated rings. The van der Waals surface area contributed by atoms with Crippen LogP contribution in [0.25, 0.3) is 44.0 Å². The molecule has 0 radical (unpaired) electrons. The van der Waals surface area contributed by atoms with E-state index in [4.69, 9.17) is 11.6 Å². The minimum Gasteiger partial charge on any atom is -0.618 e. The van der Waals surface area contributed by atoms with E-state index in [9.17, 15) is 10.0 Å². The molecular weight excluding hydrogens is 432 g/mol. The SMILES string of the molecule is O=C(c1ccccc1)n1c2ccccc2c2c(-c3ccccc3)[n+]([O-])c3cc(Cl)ccc3c21. The first kappa shape index (κ1) is 19.5. The third-order valence-corrected chi connectivity index (χ3v) is 6.25. The molecule has 0 spiro atoms. The average Bonchev–Trinajstić information content (AvgIpc) is 3.20. The molecule has 0 N–H and O–H groups in total. The summed E-state index contributed by atoms with van der Waals surface area (Å²) in [5.74, 6) is -0.152. The molecule has 0 saturated heterocycles. The summed E-state index contributed by atoms with van der Waals surface area (Å²) in [6.07, 6.45) is 0. The maximum Gasteiger partial charge on any atom is 0.262 e. The fourth-order valence-electron chi connectivity index (χ4n) is 4.61. The summed E-state index contributed by atoms with van der Waals surface area (Å²) < 4.78 is 2.66. The van der Waals surface area contributed by atoms with Gasteiger partial charge in [0.15, 0.2) is 0 Å². The Morgan fingerprint density at radius 3 is 2.21 bits per heavy atom. The van der Waals surface area contributed by atoms with Gasteiger partial charge in [0, 0.05) is 27.6 Å². The van der Waals surface area contributed by atoms with Crippen LogP contribution < -0.4 is 4.73 Å². The van der Waals surface area contributed by atoms with Gasteiger partial charge < -0.3 is 5.21 Å². The van der Waals surface area contributed by atoms with Crippen molar-refractivity contribution in [2.24, 2.45) is 0 Å². The van der Waals surface area contributed by atoms with Crippen molar-refractivity contribution < 1.29 is 9.52 Å². The van der Waals surface area contributed by atoms with Gasteiger partial charge in [0.2, 0.25) is 11.2 Å². The normalized spacial score (nSPS) is 11.4. The van der Waals surface area contributed by atoms with Gasteiger partial charge in [0.25, 0.3) is 5.91 Å². The van der Waals surface area contributed by atoms with Crippen LogP contribution in [0.3, 0.4) is 0 Å². The highest BCUT2D eigenvalue weighted by atomic mass is 35.5. The van der Waals surface area contributed by atoms with Gasteiger partial charge in [-0.2, -0.15) is 4.73 Å². The average molecular weight is 449 g/mol. The number of nitrogens with zero attached hydrogens (tertiary/aromatic N) is 2. The Balaban J connectivity index is 1.89. The zero-order valence-corrected chi connectivity index (χ0v) is 18.2. The van der Waals surface area contributed by atoms with Gasteiger partial charge in [0.1, 0.15) is 0 Å². The van der Waals surface area contributed by atoms with E-state index in [2.05, 4.69) is 0 Å². The Kier molecular flexibility index (Phi) is 4.42. The molecule has 0 unspecified atom stereocenters. The fraction of sp³-hybridized carbons (Fsp3) is 0. The van der Waals surface area contributed by atoms with Crippen LogP contribution in [-0.4, -0.2) is 10.5 Å². The second-order valence-electron chi connectivity index (χ2n) is 7.92. The van der Waals surface area contributed by atoms with Crippen LogP contribution in [0, 0.1) is 5.21 Å². The molecule has 0 amide bonds. The molecule has 5 heteroatoms. The molecule has 158 valence electrons. The quantitative estimate of drug-likeness (QED) is 0.221. The number of rotatable bonds is 2. The summed E-state index contributed by atoms with van der Waals surface area (Å²) in [5.41, 5.74) is 3.70. The molecule has 2 heterocycles.